The molecular formula is C25H23NO4. The summed E-state index contributed by atoms with van der Waals surface area (Å²) in [6, 6.07) is 25.4. The van der Waals surface area contributed by atoms with Crippen LogP contribution in [0.4, 0.5) is 0 Å². The molecule has 0 spiro atoms. The lowest BCUT2D eigenvalue weighted by atomic mass is 10.1. The minimum atomic E-state index is -0.867. The maximum atomic E-state index is 12.4. The second-order valence-electron chi connectivity index (χ2n) is 6.56. The third-order valence-corrected chi connectivity index (χ3v) is 4.39. The zero-order chi connectivity index (χ0) is 21.2. The van der Waals surface area contributed by atoms with Crippen LogP contribution in [0, 0.1) is 0 Å². The summed E-state index contributed by atoms with van der Waals surface area (Å²) >= 11 is 0. The van der Waals surface area contributed by atoms with Crippen molar-refractivity contribution in [3.8, 4) is 5.75 Å². The van der Waals surface area contributed by atoms with Gasteiger partial charge in [0.15, 0.2) is 6.04 Å². The predicted molar refractivity (Wildman–Crippen MR) is 116 cm³/mol. The molecule has 5 nitrogen and oxygen atoms in total. The largest absolute Gasteiger partial charge is 0.489 e. The number of esters is 1. The molecule has 5 heteroatoms. The van der Waals surface area contributed by atoms with Crippen LogP contribution in [0.3, 0.4) is 0 Å². The van der Waals surface area contributed by atoms with Crippen molar-refractivity contribution in [1.82, 2.24) is 5.32 Å². The van der Waals surface area contributed by atoms with Crippen LogP contribution in [0.15, 0.2) is 91.0 Å². The van der Waals surface area contributed by atoms with E-state index in [1.807, 2.05) is 60.7 Å². The summed E-state index contributed by atoms with van der Waals surface area (Å²) in [6.45, 7) is 0.465. The minimum absolute atomic E-state index is 0.398. The fourth-order valence-corrected chi connectivity index (χ4v) is 2.85. The monoisotopic (exact) mass is 401 g/mol. The molecule has 0 aliphatic heterocycles. The fraction of sp³-hybridized carbons (Fsp3) is 0.120. The van der Waals surface area contributed by atoms with Gasteiger partial charge >= 0.3 is 5.97 Å². The van der Waals surface area contributed by atoms with E-state index in [0.717, 1.165) is 11.1 Å². The molecule has 1 amide bonds. The molecule has 0 bridgehead atoms. The van der Waals surface area contributed by atoms with Crippen LogP contribution >= 0.6 is 0 Å². The third-order valence-electron chi connectivity index (χ3n) is 4.39. The van der Waals surface area contributed by atoms with E-state index >= 15 is 0 Å². The molecule has 0 fully saturated rings. The van der Waals surface area contributed by atoms with Crippen molar-refractivity contribution in [2.75, 3.05) is 7.11 Å². The zero-order valence-electron chi connectivity index (χ0n) is 16.7. The number of methoxy groups -OCH3 is 1. The predicted octanol–water partition coefficient (Wildman–Crippen LogP) is 4.31. The van der Waals surface area contributed by atoms with Crippen molar-refractivity contribution in [1.29, 1.82) is 0 Å². The molecule has 30 heavy (non-hydrogen) atoms. The zero-order valence-corrected chi connectivity index (χ0v) is 16.7. The van der Waals surface area contributed by atoms with Gasteiger partial charge in [-0.05, 0) is 34.9 Å². The van der Waals surface area contributed by atoms with Gasteiger partial charge in [-0.3, -0.25) is 4.79 Å². The Morgan fingerprint density at radius 3 is 2.33 bits per heavy atom. The summed E-state index contributed by atoms with van der Waals surface area (Å²) in [5.41, 5.74) is 2.54. The molecule has 0 saturated heterocycles. The lowest BCUT2D eigenvalue weighted by Gasteiger charge is -2.15. The second kappa shape index (κ2) is 10.6. The van der Waals surface area contributed by atoms with Crippen LogP contribution in [0.25, 0.3) is 6.08 Å². The molecule has 0 aliphatic carbocycles. The molecule has 0 radical (unpaired) electrons. The van der Waals surface area contributed by atoms with Gasteiger partial charge in [0.05, 0.1) is 7.11 Å². The van der Waals surface area contributed by atoms with E-state index in [9.17, 15) is 9.59 Å². The number of ether oxygens (including phenoxy) is 2. The molecule has 1 atom stereocenters. The van der Waals surface area contributed by atoms with Crippen molar-refractivity contribution in [3.63, 3.8) is 0 Å². The van der Waals surface area contributed by atoms with Gasteiger partial charge in [0.25, 0.3) is 0 Å². The molecule has 1 unspecified atom stereocenters. The van der Waals surface area contributed by atoms with Crippen molar-refractivity contribution in [2.24, 2.45) is 0 Å². The van der Waals surface area contributed by atoms with E-state index in [2.05, 4.69) is 5.32 Å². The molecule has 3 aromatic rings. The van der Waals surface area contributed by atoms with Gasteiger partial charge in [-0.15, -0.1) is 0 Å². The van der Waals surface area contributed by atoms with E-state index < -0.39 is 17.9 Å². The quantitative estimate of drug-likeness (QED) is 0.451. The van der Waals surface area contributed by atoms with Gasteiger partial charge in [0.2, 0.25) is 5.91 Å². The highest BCUT2D eigenvalue weighted by molar-refractivity contribution is 5.95. The Labute approximate surface area is 176 Å². The van der Waals surface area contributed by atoms with Crippen LogP contribution < -0.4 is 10.1 Å². The smallest absolute Gasteiger partial charge is 0.333 e. The number of carbonyl (C=O) groups excluding carboxylic acids is 2. The van der Waals surface area contributed by atoms with Gasteiger partial charge in [-0.1, -0.05) is 72.8 Å². The fourth-order valence-electron chi connectivity index (χ4n) is 2.85. The molecule has 0 heterocycles. The molecule has 1 N–H and O–H groups in total. The second-order valence-corrected chi connectivity index (χ2v) is 6.56. The van der Waals surface area contributed by atoms with Crippen molar-refractivity contribution < 1.29 is 19.1 Å². The SMILES string of the molecule is COC(=O)C(NC(=O)/C=C/c1cccc(OCc2ccccc2)c1)c1ccccc1. The first kappa shape index (κ1) is 20.9. The molecule has 0 saturated carbocycles. The summed E-state index contributed by atoms with van der Waals surface area (Å²) in [6.07, 6.45) is 3.05. The number of benzene rings is 3. The molecule has 3 rings (SSSR count). The Bertz CT molecular complexity index is 1000. The first-order valence-corrected chi connectivity index (χ1v) is 9.54. The van der Waals surface area contributed by atoms with Gasteiger partial charge < -0.3 is 14.8 Å². The van der Waals surface area contributed by atoms with Gasteiger partial charge in [0, 0.05) is 6.08 Å². The van der Waals surface area contributed by atoms with Crippen molar-refractivity contribution in [2.45, 2.75) is 12.6 Å². The number of amides is 1. The summed E-state index contributed by atoms with van der Waals surface area (Å²) in [5.74, 6) is -0.220. The number of carbonyl (C=O) groups is 2. The highest BCUT2D eigenvalue weighted by Gasteiger charge is 2.22. The van der Waals surface area contributed by atoms with E-state index in [1.54, 1.807) is 30.3 Å². The number of nitrogens with one attached hydrogen (secondary N) is 1. The van der Waals surface area contributed by atoms with E-state index in [1.165, 1.54) is 13.2 Å². The first-order chi connectivity index (χ1) is 14.7. The lowest BCUT2D eigenvalue weighted by Crippen LogP contribution is -2.33. The number of hydrogen-bond acceptors (Lipinski definition) is 4. The number of rotatable bonds is 8. The lowest BCUT2D eigenvalue weighted by molar-refractivity contribution is -0.144. The van der Waals surface area contributed by atoms with Crippen LogP contribution in [-0.4, -0.2) is 19.0 Å². The van der Waals surface area contributed by atoms with Crippen LogP contribution in [0.2, 0.25) is 0 Å². The summed E-state index contributed by atoms with van der Waals surface area (Å²) in [4.78, 5) is 24.5. The molecule has 152 valence electrons. The Balaban J connectivity index is 1.63. The standard InChI is InChI=1S/C25H23NO4/c1-29-25(28)24(21-12-6-3-7-13-21)26-23(27)16-15-19-11-8-14-22(17-19)30-18-20-9-4-2-5-10-20/h2-17,24H,18H2,1H3,(H,26,27)/b16-15+. The topological polar surface area (TPSA) is 64.6 Å². The third kappa shape index (κ3) is 6.07. The van der Waals surface area contributed by atoms with Crippen LogP contribution in [-0.2, 0) is 20.9 Å². The van der Waals surface area contributed by atoms with Crippen molar-refractivity contribution >= 4 is 18.0 Å². The van der Waals surface area contributed by atoms with Crippen LogP contribution in [0.5, 0.6) is 5.75 Å². The van der Waals surface area contributed by atoms with E-state index in [0.29, 0.717) is 17.9 Å². The van der Waals surface area contributed by atoms with Crippen LogP contribution in [0.1, 0.15) is 22.7 Å². The highest BCUT2D eigenvalue weighted by atomic mass is 16.5. The van der Waals surface area contributed by atoms with E-state index in [4.69, 9.17) is 9.47 Å². The maximum Gasteiger partial charge on any atom is 0.333 e. The van der Waals surface area contributed by atoms with Gasteiger partial charge in [0.1, 0.15) is 12.4 Å². The Kier molecular flexibility index (Phi) is 7.39. The normalized spacial score (nSPS) is 11.6. The average Bonchev–Trinajstić information content (AvgIpc) is 2.81. The van der Waals surface area contributed by atoms with Gasteiger partial charge in [-0.2, -0.15) is 0 Å². The minimum Gasteiger partial charge on any atom is -0.489 e. The molecule has 0 aromatic heterocycles. The number of hydrogen-bond donors (Lipinski definition) is 1. The van der Waals surface area contributed by atoms with E-state index in [-0.39, 0.29) is 0 Å². The Morgan fingerprint density at radius 1 is 0.933 bits per heavy atom. The van der Waals surface area contributed by atoms with Crippen molar-refractivity contribution in [3.05, 3.63) is 108 Å². The maximum absolute atomic E-state index is 12.4. The van der Waals surface area contributed by atoms with Gasteiger partial charge in [-0.25, -0.2) is 4.79 Å². The summed E-state index contributed by atoms with van der Waals surface area (Å²) in [7, 11) is 1.29. The average molecular weight is 401 g/mol. The molecule has 0 aliphatic rings. The molecule has 3 aromatic carbocycles. The summed E-state index contributed by atoms with van der Waals surface area (Å²) < 4.78 is 10.6. The Morgan fingerprint density at radius 2 is 1.63 bits per heavy atom. The highest BCUT2D eigenvalue weighted by Crippen LogP contribution is 2.17. The Hall–Kier alpha value is -3.86. The molecular weight excluding hydrogens is 378 g/mol. The summed E-state index contributed by atoms with van der Waals surface area (Å²) in [5, 5.41) is 2.68. The first-order valence-electron chi connectivity index (χ1n) is 9.54.